The van der Waals surface area contributed by atoms with Crippen molar-refractivity contribution >= 4 is 11.7 Å². The van der Waals surface area contributed by atoms with E-state index in [-0.39, 0.29) is 6.03 Å². The smallest absolute Gasteiger partial charge is 0.314 e. The van der Waals surface area contributed by atoms with Gasteiger partial charge in [0.25, 0.3) is 0 Å². The minimum Gasteiger partial charge on any atom is -0.314 e. The zero-order valence-electron chi connectivity index (χ0n) is 10.7. The van der Waals surface area contributed by atoms with E-state index in [2.05, 4.69) is 24.5 Å². The summed E-state index contributed by atoms with van der Waals surface area (Å²) >= 11 is 0. The fraction of sp³-hybridized carbons (Fsp3) is 0.357. The van der Waals surface area contributed by atoms with Gasteiger partial charge in [0.2, 0.25) is 0 Å². The highest BCUT2D eigenvalue weighted by Crippen LogP contribution is 2.09. The lowest BCUT2D eigenvalue weighted by atomic mass is 10.1. The summed E-state index contributed by atoms with van der Waals surface area (Å²) in [4.78, 5) is 11.5. The third kappa shape index (κ3) is 4.72. The summed E-state index contributed by atoms with van der Waals surface area (Å²) < 4.78 is 0. The van der Waals surface area contributed by atoms with Crippen LogP contribution in [0.2, 0.25) is 0 Å². The van der Waals surface area contributed by atoms with E-state index >= 15 is 0 Å². The van der Waals surface area contributed by atoms with Crippen LogP contribution in [0.5, 0.6) is 0 Å². The topological polar surface area (TPSA) is 41.1 Å². The van der Waals surface area contributed by atoms with E-state index < -0.39 is 0 Å². The van der Waals surface area contributed by atoms with Gasteiger partial charge in [0.1, 0.15) is 0 Å². The minimum atomic E-state index is -0.206. The number of carbonyl (C=O) groups is 1. The maximum absolute atomic E-state index is 11.5. The Morgan fingerprint density at radius 1 is 1.24 bits per heavy atom. The van der Waals surface area contributed by atoms with Crippen molar-refractivity contribution in [2.24, 2.45) is 0 Å². The van der Waals surface area contributed by atoms with E-state index in [1.165, 1.54) is 5.56 Å². The summed E-state index contributed by atoms with van der Waals surface area (Å²) in [5.74, 6) is 0. The fourth-order valence-electron chi connectivity index (χ4n) is 1.28. The van der Waals surface area contributed by atoms with E-state index in [1.807, 2.05) is 31.2 Å². The lowest BCUT2D eigenvalue weighted by Crippen LogP contribution is -2.24. The molecule has 17 heavy (non-hydrogen) atoms. The van der Waals surface area contributed by atoms with Gasteiger partial charge >= 0.3 is 6.03 Å². The predicted octanol–water partition coefficient (Wildman–Crippen LogP) is 3.68. The molecule has 0 fully saturated rings. The Morgan fingerprint density at radius 3 is 2.41 bits per heavy atom. The average Bonchev–Trinajstić information content (AvgIpc) is 2.36. The van der Waals surface area contributed by atoms with Gasteiger partial charge in [-0.3, -0.25) is 0 Å². The number of urea groups is 1. The molecule has 0 saturated heterocycles. The second-order valence-electron chi connectivity index (χ2n) is 3.99. The van der Waals surface area contributed by atoms with Crippen LogP contribution in [-0.4, -0.2) is 6.03 Å². The SMILES string of the molecule is CC/C(C)=C/NC(=O)Nc1ccc(CC)cc1. The van der Waals surface area contributed by atoms with E-state index in [0.29, 0.717) is 0 Å². The molecule has 0 aliphatic heterocycles. The van der Waals surface area contributed by atoms with Crippen molar-refractivity contribution in [2.75, 3.05) is 5.32 Å². The fourth-order valence-corrected chi connectivity index (χ4v) is 1.28. The highest BCUT2D eigenvalue weighted by Gasteiger charge is 1.99. The van der Waals surface area contributed by atoms with Crippen LogP contribution in [0.1, 0.15) is 32.8 Å². The molecular formula is C14H20N2O. The van der Waals surface area contributed by atoms with E-state index in [1.54, 1.807) is 6.20 Å². The second kappa shape index (κ2) is 6.74. The summed E-state index contributed by atoms with van der Waals surface area (Å²) in [6, 6.07) is 7.65. The number of hydrogen-bond donors (Lipinski definition) is 2. The number of nitrogens with one attached hydrogen (secondary N) is 2. The number of carbonyl (C=O) groups excluding carboxylic acids is 1. The van der Waals surface area contributed by atoms with Crippen LogP contribution in [0.25, 0.3) is 0 Å². The van der Waals surface area contributed by atoms with Gasteiger partial charge in [0.05, 0.1) is 0 Å². The molecule has 0 heterocycles. The lowest BCUT2D eigenvalue weighted by Gasteiger charge is -2.06. The maximum atomic E-state index is 11.5. The molecule has 1 aromatic rings. The standard InChI is InChI=1S/C14H20N2O/c1-4-11(3)10-15-14(17)16-13-8-6-12(5-2)7-9-13/h6-10H,4-5H2,1-3H3,(H2,15,16,17)/b11-10+. The maximum Gasteiger partial charge on any atom is 0.323 e. The molecule has 0 atom stereocenters. The monoisotopic (exact) mass is 232 g/mol. The quantitative estimate of drug-likeness (QED) is 0.816. The van der Waals surface area contributed by atoms with Crippen molar-refractivity contribution in [2.45, 2.75) is 33.6 Å². The summed E-state index contributed by atoms with van der Waals surface area (Å²) in [6.07, 6.45) is 3.67. The molecule has 0 spiro atoms. The third-order valence-corrected chi connectivity index (χ3v) is 2.63. The Kier molecular flexibility index (Phi) is 5.27. The molecule has 3 nitrogen and oxygen atoms in total. The zero-order chi connectivity index (χ0) is 12.7. The molecule has 0 radical (unpaired) electrons. The molecular weight excluding hydrogens is 212 g/mol. The van der Waals surface area contributed by atoms with Gasteiger partial charge in [-0.05, 0) is 37.5 Å². The molecule has 0 bridgehead atoms. The Morgan fingerprint density at radius 2 is 1.88 bits per heavy atom. The molecule has 0 unspecified atom stereocenters. The van der Waals surface area contributed by atoms with Gasteiger partial charge in [-0.25, -0.2) is 4.79 Å². The van der Waals surface area contributed by atoms with Gasteiger partial charge in [-0.15, -0.1) is 0 Å². The van der Waals surface area contributed by atoms with Crippen LogP contribution >= 0.6 is 0 Å². The zero-order valence-corrected chi connectivity index (χ0v) is 10.7. The Labute approximate surface area is 103 Å². The summed E-state index contributed by atoms with van der Waals surface area (Å²) in [5, 5.41) is 5.48. The molecule has 1 rings (SSSR count). The number of aryl methyl sites for hydroxylation is 1. The third-order valence-electron chi connectivity index (χ3n) is 2.63. The van der Waals surface area contributed by atoms with E-state index in [9.17, 15) is 4.79 Å². The highest BCUT2D eigenvalue weighted by atomic mass is 16.2. The molecule has 2 N–H and O–H groups in total. The normalized spacial score (nSPS) is 11.1. The number of hydrogen-bond acceptors (Lipinski definition) is 1. The van der Waals surface area contributed by atoms with Crippen LogP contribution in [0.15, 0.2) is 36.0 Å². The van der Waals surface area contributed by atoms with Crippen LogP contribution in [0.3, 0.4) is 0 Å². The first-order chi connectivity index (χ1) is 8.15. The van der Waals surface area contributed by atoms with Crippen molar-refractivity contribution < 1.29 is 4.79 Å². The number of rotatable bonds is 4. The molecule has 92 valence electrons. The number of anilines is 1. The van der Waals surface area contributed by atoms with E-state index in [4.69, 9.17) is 0 Å². The van der Waals surface area contributed by atoms with Crippen LogP contribution in [0.4, 0.5) is 10.5 Å². The summed E-state index contributed by atoms with van der Waals surface area (Å²) in [6.45, 7) is 6.14. The Balaban J connectivity index is 2.50. The number of allylic oxidation sites excluding steroid dienone is 1. The molecule has 3 heteroatoms. The predicted molar refractivity (Wildman–Crippen MR) is 72.0 cm³/mol. The first-order valence-corrected chi connectivity index (χ1v) is 5.97. The van der Waals surface area contributed by atoms with Crippen LogP contribution in [0, 0.1) is 0 Å². The number of amides is 2. The summed E-state index contributed by atoms with van der Waals surface area (Å²) in [7, 11) is 0. The first-order valence-electron chi connectivity index (χ1n) is 5.97. The molecule has 0 aliphatic carbocycles. The van der Waals surface area contributed by atoms with Gasteiger partial charge < -0.3 is 10.6 Å². The van der Waals surface area contributed by atoms with Gasteiger partial charge in [0.15, 0.2) is 0 Å². The first kappa shape index (κ1) is 13.3. The number of benzene rings is 1. The molecule has 1 aromatic carbocycles. The van der Waals surface area contributed by atoms with Crippen LogP contribution in [-0.2, 0) is 6.42 Å². The molecule has 0 aliphatic rings. The Hall–Kier alpha value is -1.77. The van der Waals surface area contributed by atoms with Gasteiger partial charge in [-0.2, -0.15) is 0 Å². The highest BCUT2D eigenvalue weighted by molar-refractivity contribution is 5.89. The van der Waals surface area contributed by atoms with Crippen molar-refractivity contribution in [3.63, 3.8) is 0 Å². The molecule has 0 saturated carbocycles. The lowest BCUT2D eigenvalue weighted by molar-refractivity contribution is 0.255. The minimum absolute atomic E-state index is 0.206. The van der Waals surface area contributed by atoms with Crippen molar-refractivity contribution in [3.8, 4) is 0 Å². The van der Waals surface area contributed by atoms with Crippen molar-refractivity contribution in [1.29, 1.82) is 0 Å². The summed E-state index contributed by atoms with van der Waals surface area (Å²) in [5.41, 5.74) is 3.21. The molecule has 0 aromatic heterocycles. The second-order valence-corrected chi connectivity index (χ2v) is 3.99. The van der Waals surface area contributed by atoms with E-state index in [0.717, 1.165) is 24.1 Å². The van der Waals surface area contributed by atoms with Gasteiger partial charge in [0, 0.05) is 11.9 Å². The largest absolute Gasteiger partial charge is 0.323 e. The Bertz CT molecular complexity index is 393. The van der Waals surface area contributed by atoms with Gasteiger partial charge in [-0.1, -0.05) is 31.6 Å². The van der Waals surface area contributed by atoms with Crippen molar-refractivity contribution in [1.82, 2.24) is 5.32 Å². The van der Waals surface area contributed by atoms with Crippen LogP contribution < -0.4 is 10.6 Å². The van der Waals surface area contributed by atoms with Crippen molar-refractivity contribution in [3.05, 3.63) is 41.6 Å². The average molecular weight is 232 g/mol. The molecule has 2 amide bonds.